The Bertz CT molecular complexity index is 874. The van der Waals surface area contributed by atoms with Gasteiger partial charge in [0.25, 0.3) is 0 Å². The van der Waals surface area contributed by atoms with Crippen LogP contribution in [0.1, 0.15) is 41.8 Å². The van der Waals surface area contributed by atoms with Gasteiger partial charge in [-0.25, -0.2) is 23.1 Å². The van der Waals surface area contributed by atoms with Crippen molar-refractivity contribution >= 4 is 27.3 Å². The van der Waals surface area contributed by atoms with Crippen LogP contribution in [0.4, 0.5) is 0 Å². The van der Waals surface area contributed by atoms with E-state index in [9.17, 15) is 8.42 Å². The molecule has 1 heterocycles. The topological polar surface area (TPSA) is 95.5 Å². The maximum Gasteiger partial charge on any atom is 0.216 e. The number of nitrogens with zero attached hydrogens (tertiary/aromatic N) is 2. The van der Waals surface area contributed by atoms with Crippen LogP contribution in [0.3, 0.4) is 0 Å². The molecule has 0 saturated heterocycles. The Labute approximate surface area is 171 Å². The fourth-order valence-electron chi connectivity index (χ4n) is 2.52. The SMILES string of the molecule is CCNC(=NCc1ccc(CS(=O)(=O)NC(C)C)cc1)NCc1ncc(C)s1. The number of aromatic nitrogens is 1. The Kier molecular flexibility index (Phi) is 8.40. The summed E-state index contributed by atoms with van der Waals surface area (Å²) in [5.74, 6) is 0.703. The minimum Gasteiger partial charge on any atom is -0.357 e. The molecular formula is C19H29N5O2S2. The van der Waals surface area contributed by atoms with Crippen LogP contribution in [0.2, 0.25) is 0 Å². The molecule has 0 aliphatic carbocycles. The summed E-state index contributed by atoms with van der Waals surface area (Å²) >= 11 is 1.66. The molecule has 0 radical (unpaired) electrons. The van der Waals surface area contributed by atoms with E-state index in [0.29, 0.717) is 13.1 Å². The van der Waals surface area contributed by atoms with Crippen molar-refractivity contribution in [2.75, 3.05) is 6.54 Å². The van der Waals surface area contributed by atoms with Crippen LogP contribution in [0.15, 0.2) is 35.5 Å². The third kappa shape index (κ3) is 7.95. The first kappa shape index (κ1) is 22.3. The van der Waals surface area contributed by atoms with E-state index in [1.165, 1.54) is 4.88 Å². The number of aliphatic imine (C=N–C) groups is 1. The minimum absolute atomic E-state index is 0.0217. The molecule has 0 bridgehead atoms. The predicted molar refractivity (Wildman–Crippen MR) is 116 cm³/mol. The van der Waals surface area contributed by atoms with E-state index < -0.39 is 10.0 Å². The second kappa shape index (κ2) is 10.5. The van der Waals surface area contributed by atoms with E-state index in [1.54, 1.807) is 11.3 Å². The first-order valence-corrected chi connectivity index (χ1v) is 11.8. The van der Waals surface area contributed by atoms with Gasteiger partial charge < -0.3 is 10.6 Å². The van der Waals surface area contributed by atoms with Gasteiger partial charge in [0.15, 0.2) is 5.96 Å². The molecule has 0 saturated carbocycles. The van der Waals surface area contributed by atoms with Crippen molar-refractivity contribution in [2.24, 2.45) is 4.99 Å². The third-order valence-electron chi connectivity index (χ3n) is 3.64. The Morgan fingerprint density at radius 1 is 1.18 bits per heavy atom. The fraction of sp³-hybridized carbons (Fsp3) is 0.474. The van der Waals surface area contributed by atoms with E-state index in [4.69, 9.17) is 0 Å². The maximum atomic E-state index is 12.0. The molecule has 0 fully saturated rings. The molecule has 1 aromatic heterocycles. The summed E-state index contributed by atoms with van der Waals surface area (Å²) in [4.78, 5) is 10.1. The van der Waals surface area contributed by atoms with Crippen molar-refractivity contribution in [1.29, 1.82) is 0 Å². The summed E-state index contributed by atoms with van der Waals surface area (Å²) in [5, 5.41) is 7.52. The molecule has 0 atom stereocenters. The van der Waals surface area contributed by atoms with Gasteiger partial charge in [0.05, 0.1) is 18.8 Å². The van der Waals surface area contributed by atoms with Gasteiger partial charge in [0.1, 0.15) is 5.01 Å². The molecule has 0 amide bonds. The second-order valence-electron chi connectivity index (χ2n) is 6.76. The molecule has 0 unspecified atom stereocenters. The van der Waals surface area contributed by atoms with E-state index in [2.05, 4.69) is 25.3 Å². The van der Waals surface area contributed by atoms with Gasteiger partial charge in [-0.15, -0.1) is 11.3 Å². The zero-order valence-electron chi connectivity index (χ0n) is 16.8. The molecule has 2 rings (SSSR count). The molecule has 9 heteroatoms. The lowest BCUT2D eigenvalue weighted by Crippen LogP contribution is -2.36. The van der Waals surface area contributed by atoms with Crippen LogP contribution in [-0.2, 0) is 28.9 Å². The maximum absolute atomic E-state index is 12.0. The summed E-state index contributed by atoms with van der Waals surface area (Å²) in [6, 6.07) is 7.39. The van der Waals surface area contributed by atoms with Crippen LogP contribution in [0.5, 0.6) is 0 Å². The van der Waals surface area contributed by atoms with E-state index in [1.807, 2.05) is 58.2 Å². The average Bonchev–Trinajstić information content (AvgIpc) is 3.02. The van der Waals surface area contributed by atoms with Crippen molar-refractivity contribution < 1.29 is 8.42 Å². The quantitative estimate of drug-likeness (QED) is 0.425. The molecule has 1 aromatic carbocycles. The highest BCUT2D eigenvalue weighted by Crippen LogP contribution is 2.11. The Balaban J connectivity index is 1.94. The molecule has 7 nitrogen and oxygen atoms in total. The number of aryl methyl sites for hydroxylation is 1. The zero-order valence-corrected chi connectivity index (χ0v) is 18.5. The van der Waals surface area contributed by atoms with E-state index >= 15 is 0 Å². The first-order chi connectivity index (χ1) is 13.3. The largest absolute Gasteiger partial charge is 0.357 e. The zero-order chi connectivity index (χ0) is 20.6. The fourth-order valence-corrected chi connectivity index (χ4v) is 4.68. The summed E-state index contributed by atoms with van der Waals surface area (Å²) in [6.07, 6.45) is 1.87. The van der Waals surface area contributed by atoms with Crippen molar-refractivity contribution in [3.8, 4) is 0 Å². The van der Waals surface area contributed by atoms with Gasteiger partial charge in [-0.3, -0.25) is 0 Å². The van der Waals surface area contributed by atoms with Crippen molar-refractivity contribution in [2.45, 2.75) is 52.6 Å². The molecule has 0 aliphatic rings. The van der Waals surface area contributed by atoms with E-state index in [-0.39, 0.29) is 11.8 Å². The number of guanidine groups is 1. The monoisotopic (exact) mass is 423 g/mol. The van der Waals surface area contributed by atoms with Crippen LogP contribution >= 0.6 is 11.3 Å². The average molecular weight is 424 g/mol. The number of hydrogen-bond acceptors (Lipinski definition) is 5. The predicted octanol–water partition coefficient (Wildman–Crippen LogP) is 2.53. The molecular weight excluding hydrogens is 394 g/mol. The lowest BCUT2D eigenvalue weighted by Gasteiger charge is -2.11. The van der Waals surface area contributed by atoms with Crippen molar-refractivity contribution in [3.05, 3.63) is 51.5 Å². The second-order valence-corrected chi connectivity index (χ2v) is 9.83. The normalized spacial score (nSPS) is 12.4. The van der Waals surface area contributed by atoms with Crippen LogP contribution in [0, 0.1) is 6.92 Å². The van der Waals surface area contributed by atoms with Gasteiger partial charge in [-0.2, -0.15) is 0 Å². The standard InChI is InChI=1S/C19H29N5O2S2/c1-5-20-19(23-12-18-21-10-15(4)27-18)22-11-16-6-8-17(9-7-16)13-28(25,26)24-14(2)3/h6-10,14,24H,5,11-13H2,1-4H3,(H2,20,22,23). The van der Waals surface area contributed by atoms with Crippen molar-refractivity contribution in [3.63, 3.8) is 0 Å². The smallest absolute Gasteiger partial charge is 0.216 e. The van der Waals surface area contributed by atoms with Gasteiger partial charge >= 0.3 is 0 Å². The molecule has 2 aromatic rings. The molecule has 0 spiro atoms. The van der Waals surface area contributed by atoms with Crippen LogP contribution < -0.4 is 15.4 Å². The summed E-state index contributed by atoms with van der Waals surface area (Å²) in [7, 11) is -3.31. The highest BCUT2D eigenvalue weighted by atomic mass is 32.2. The van der Waals surface area contributed by atoms with Gasteiger partial charge in [0.2, 0.25) is 10.0 Å². The number of nitrogens with one attached hydrogen (secondary N) is 3. The lowest BCUT2D eigenvalue weighted by atomic mass is 10.1. The Hall–Kier alpha value is -1.97. The first-order valence-electron chi connectivity index (χ1n) is 9.28. The van der Waals surface area contributed by atoms with E-state index in [0.717, 1.165) is 28.6 Å². The van der Waals surface area contributed by atoms with Gasteiger partial charge in [-0.1, -0.05) is 24.3 Å². The third-order valence-corrected chi connectivity index (χ3v) is 6.09. The number of thiazole rings is 1. The highest BCUT2D eigenvalue weighted by molar-refractivity contribution is 7.88. The minimum atomic E-state index is -3.31. The van der Waals surface area contributed by atoms with Crippen molar-refractivity contribution in [1.82, 2.24) is 20.3 Å². The van der Waals surface area contributed by atoms with Gasteiger partial charge in [0, 0.05) is 23.7 Å². The van der Waals surface area contributed by atoms with Crippen LogP contribution in [0.25, 0.3) is 0 Å². The Morgan fingerprint density at radius 3 is 2.43 bits per heavy atom. The number of rotatable bonds is 9. The molecule has 3 N–H and O–H groups in total. The molecule has 154 valence electrons. The summed E-state index contributed by atoms with van der Waals surface area (Å²) < 4.78 is 26.6. The molecule has 0 aliphatic heterocycles. The highest BCUT2D eigenvalue weighted by Gasteiger charge is 2.12. The van der Waals surface area contributed by atoms with Gasteiger partial charge in [-0.05, 0) is 38.8 Å². The summed E-state index contributed by atoms with van der Waals surface area (Å²) in [5.41, 5.74) is 1.77. The number of sulfonamides is 1. The lowest BCUT2D eigenvalue weighted by molar-refractivity contribution is 0.569. The number of hydrogen-bond donors (Lipinski definition) is 3. The Morgan fingerprint density at radius 2 is 1.86 bits per heavy atom. The summed E-state index contributed by atoms with van der Waals surface area (Å²) in [6.45, 7) is 9.57. The van der Waals surface area contributed by atoms with Crippen LogP contribution in [-0.4, -0.2) is 31.9 Å². The number of benzene rings is 1. The molecule has 28 heavy (non-hydrogen) atoms.